The summed E-state index contributed by atoms with van der Waals surface area (Å²) in [7, 11) is 3.59. The van der Waals surface area contributed by atoms with Crippen molar-refractivity contribution >= 4 is 29.0 Å². The Morgan fingerprint density at radius 1 is 1.21 bits per heavy atom. The van der Waals surface area contributed by atoms with Gasteiger partial charge in [0, 0.05) is 62.8 Å². The minimum atomic E-state index is 0.0910. The Labute approximate surface area is 151 Å². The average Bonchev–Trinajstić information content (AvgIpc) is 3.04. The number of benzene rings is 1. The predicted molar refractivity (Wildman–Crippen MR) is 98.5 cm³/mol. The van der Waals surface area contributed by atoms with Crippen LogP contribution in [0.1, 0.15) is 5.69 Å². The van der Waals surface area contributed by atoms with Crippen molar-refractivity contribution in [1.29, 1.82) is 0 Å². The molecule has 3 rings (SSSR count). The second-order valence-corrected chi connectivity index (χ2v) is 7.39. The number of hydrogen-bond donors (Lipinski definition) is 0. The summed E-state index contributed by atoms with van der Waals surface area (Å²) in [6.45, 7) is 4.13. The van der Waals surface area contributed by atoms with Crippen LogP contribution in [0.15, 0.2) is 29.6 Å². The van der Waals surface area contributed by atoms with Gasteiger partial charge in [0.2, 0.25) is 0 Å². The fourth-order valence-corrected chi connectivity index (χ4v) is 3.66. The van der Waals surface area contributed by atoms with E-state index in [0.717, 1.165) is 54.0 Å². The van der Waals surface area contributed by atoms with E-state index in [0.29, 0.717) is 0 Å². The summed E-state index contributed by atoms with van der Waals surface area (Å²) in [5.41, 5.74) is 2.18. The van der Waals surface area contributed by atoms with Crippen LogP contribution in [-0.2, 0) is 6.54 Å². The Hall–Kier alpha value is -1.63. The van der Waals surface area contributed by atoms with Crippen LogP contribution in [0, 0.1) is 0 Å². The summed E-state index contributed by atoms with van der Waals surface area (Å²) in [6, 6.07) is 7.86. The number of hydrogen-bond acceptors (Lipinski definition) is 4. The highest BCUT2D eigenvalue weighted by Crippen LogP contribution is 2.25. The minimum absolute atomic E-state index is 0.0910. The monoisotopic (exact) mass is 364 g/mol. The zero-order valence-corrected chi connectivity index (χ0v) is 15.5. The first-order valence-electron chi connectivity index (χ1n) is 7.92. The maximum absolute atomic E-state index is 12.0. The van der Waals surface area contributed by atoms with E-state index in [-0.39, 0.29) is 6.03 Å². The molecule has 24 heavy (non-hydrogen) atoms. The van der Waals surface area contributed by atoms with E-state index in [2.05, 4.69) is 10.3 Å². The number of amides is 2. The number of piperazine rings is 1. The lowest BCUT2D eigenvalue weighted by Gasteiger charge is -2.35. The number of halogens is 1. The number of nitrogens with zero attached hydrogens (tertiary/aromatic N) is 4. The largest absolute Gasteiger partial charge is 0.331 e. The van der Waals surface area contributed by atoms with Crippen molar-refractivity contribution in [3.8, 4) is 10.6 Å². The molecule has 5 nitrogen and oxygen atoms in total. The molecular formula is C17H21ClN4OS. The minimum Gasteiger partial charge on any atom is -0.331 e. The summed E-state index contributed by atoms with van der Waals surface area (Å²) in [4.78, 5) is 22.6. The Balaban J connectivity index is 1.56. The lowest BCUT2D eigenvalue weighted by molar-refractivity contribution is 0.119. The number of urea groups is 1. The fraction of sp³-hybridized carbons (Fsp3) is 0.412. The second kappa shape index (κ2) is 7.51. The summed E-state index contributed by atoms with van der Waals surface area (Å²) in [5, 5.41) is 3.87. The molecule has 0 saturated carbocycles. The number of carbonyl (C=O) groups excluding carboxylic acids is 1. The van der Waals surface area contributed by atoms with Crippen LogP contribution in [-0.4, -0.2) is 66.0 Å². The number of thiazole rings is 1. The van der Waals surface area contributed by atoms with E-state index in [1.807, 2.05) is 29.2 Å². The Morgan fingerprint density at radius 3 is 2.50 bits per heavy atom. The highest BCUT2D eigenvalue weighted by Gasteiger charge is 2.22. The van der Waals surface area contributed by atoms with Crippen LogP contribution in [0.2, 0.25) is 5.02 Å². The molecule has 1 aromatic heterocycles. The molecule has 2 heterocycles. The predicted octanol–water partition coefficient (Wildman–Crippen LogP) is 3.26. The summed E-state index contributed by atoms with van der Waals surface area (Å²) < 4.78 is 0. The Kier molecular flexibility index (Phi) is 5.38. The Morgan fingerprint density at radius 2 is 1.88 bits per heavy atom. The van der Waals surface area contributed by atoms with E-state index in [1.54, 1.807) is 30.3 Å². The number of rotatable bonds is 3. The summed E-state index contributed by atoms with van der Waals surface area (Å²) >= 11 is 7.59. The van der Waals surface area contributed by atoms with Crippen molar-refractivity contribution < 1.29 is 4.79 Å². The first-order chi connectivity index (χ1) is 11.5. The van der Waals surface area contributed by atoms with Gasteiger partial charge in [0.25, 0.3) is 0 Å². The molecule has 0 atom stereocenters. The average molecular weight is 365 g/mol. The van der Waals surface area contributed by atoms with Crippen LogP contribution in [0.4, 0.5) is 4.79 Å². The molecule has 0 aliphatic carbocycles. The maximum atomic E-state index is 12.0. The highest BCUT2D eigenvalue weighted by molar-refractivity contribution is 7.13. The molecule has 0 spiro atoms. The van der Waals surface area contributed by atoms with Gasteiger partial charge in [0.1, 0.15) is 5.01 Å². The standard InChI is InChI=1S/C17H21ClN4OS/c1-20(2)17(23)22-9-7-21(8-10-22)11-15-12-24-16(19-15)13-3-5-14(18)6-4-13/h3-6,12H,7-11H2,1-2H3. The second-order valence-electron chi connectivity index (χ2n) is 6.09. The first kappa shape index (κ1) is 17.2. The van der Waals surface area contributed by atoms with E-state index in [4.69, 9.17) is 16.6 Å². The maximum Gasteiger partial charge on any atom is 0.319 e. The lowest BCUT2D eigenvalue weighted by Crippen LogP contribution is -2.51. The van der Waals surface area contributed by atoms with Crippen LogP contribution in [0.25, 0.3) is 10.6 Å². The molecule has 0 unspecified atom stereocenters. The molecule has 1 aliphatic heterocycles. The third-order valence-corrected chi connectivity index (χ3v) is 5.25. The molecule has 1 fully saturated rings. The third-order valence-electron chi connectivity index (χ3n) is 4.05. The van der Waals surface area contributed by atoms with Gasteiger partial charge >= 0.3 is 6.03 Å². The van der Waals surface area contributed by atoms with Gasteiger partial charge in [0.05, 0.1) is 5.69 Å². The van der Waals surface area contributed by atoms with E-state index in [1.165, 1.54) is 0 Å². The van der Waals surface area contributed by atoms with Gasteiger partial charge in [-0.25, -0.2) is 9.78 Å². The van der Waals surface area contributed by atoms with Gasteiger partial charge in [-0.2, -0.15) is 0 Å². The molecule has 0 N–H and O–H groups in total. The molecule has 1 aliphatic rings. The van der Waals surface area contributed by atoms with Gasteiger partial charge in [-0.05, 0) is 12.1 Å². The van der Waals surface area contributed by atoms with Crippen molar-refractivity contribution in [3.05, 3.63) is 40.4 Å². The first-order valence-corrected chi connectivity index (χ1v) is 9.17. The van der Waals surface area contributed by atoms with E-state index < -0.39 is 0 Å². The van der Waals surface area contributed by atoms with Crippen LogP contribution >= 0.6 is 22.9 Å². The van der Waals surface area contributed by atoms with Crippen molar-refractivity contribution in [2.24, 2.45) is 0 Å². The molecule has 1 saturated heterocycles. The van der Waals surface area contributed by atoms with E-state index >= 15 is 0 Å². The number of carbonyl (C=O) groups is 1. The fourth-order valence-electron chi connectivity index (χ4n) is 2.71. The molecule has 1 aromatic carbocycles. The van der Waals surface area contributed by atoms with Crippen molar-refractivity contribution in [3.63, 3.8) is 0 Å². The van der Waals surface area contributed by atoms with Crippen LogP contribution < -0.4 is 0 Å². The van der Waals surface area contributed by atoms with Crippen molar-refractivity contribution in [1.82, 2.24) is 19.7 Å². The Bertz CT molecular complexity index is 693. The van der Waals surface area contributed by atoms with Crippen LogP contribution in [0.5, 0.6) is 0 Å². The van der Waals surface area contributed by atoms with Gasteiger partial charge in [-0.1, -0.05) is 23.7 Å². The van der Waals surface area contributed by atoms with Gasteiger partial charge < -0.3 is 9.80 Å². The quantitative estimate of drug-likeness (QED) is 0.839. The lowest BCUT2D eigenvalue weighted by atomic mass is 10.2. The third kappa shape index (κ3) is 4.06. The normalized spacial score (nSPS) is 15.5. The molecule has 128 valence electrons. The van der Waals surface area contributed by atoms with Crippen molar-refractivity contribution in [2.45, 2.75) is 6.54 Å². The van der Waals surface area contributed by atoms with Gasteiger partial charge in [-0.3, -0.25) is 4.90 Å². The molecule has 0 bridgehead atoms. The summed E-state index contributed by atoms with van der Waals surface area (Å²) in [6.07, 6.45) is 0. The molecule has 0 radical (unpaired) electrons. The zero-order valence-electron chi connectivity index (χ0n) is 13.9. The molecule has 2 amide bonds. The molecule has 2 aromatic rings. The zero-order chi connectivity index (χ0) is 17.1. The summed E-state index contributed by atoms with van der Waals surface area (Å²) in [5.74, 6) is 0. The highest BCUT2D eigenvalue weighted by atomic mass is 35.5. The SMILES string of the molecule is CN(C)C(=O)N1CCN(Cc2csc(-c3ccc(Cl)cc3)n2)CC1. The topological polar surface area (TPSA) is 39.7 Å². The van der Waals surface area contributed by atoms with E-state index in [9.17, 15) is 4.79 Å². The molecule has 7 heteroatoms. The number of aromatic nitrogens is 1. The molecular weight excluding hydrogens is 344 g/mol. The van der Waals surface area contributed by atoms with Crippen LogP contribution in [0.3, 0.4) is 0 Å². The van der Waals surface area contributed by atoms with Crippen molar-refractivity contribution in [2.75, 3.05) is 40.3 Å². The smallest absolute Gasteiger partial charge is 0.319 e. The van der Waals surface area contributed by atoms with Gasteiger partial charge in [0.15, 0.2) is 0 Å². The van der Waals surface area contributed by atoms with Gasteiger partial charge in [-0.15, -0.1) is 11.3 Å².